The molecule has 0 heterocycles. The summed E-state index contributed by atoms with van der Waals surface area (Å²) in [5, 5.41) is 3.05. The van der Waals surface area contributed by atoms with Crippen LogP contribution in [0, 0.1) is 5.92 Å². The van der Waals surface area contributed by atoms with Crippen molar-refractivity contribution in [2.75, 3.05) is 0 Å². The zero-order valence-corrected chi connectivity index (χ0v) is 13.5. The standard InChI is InChI=1S/C23H22/c1-2-5-16(6-3-1)13-17-14-20-11-9-18-7-4-8-19-10-12-21(15-17)23(20)22(18)19/h1-9,11,17,21H,10,12-15H2. The van der Waals surface area contributed by atoms with Crippen molar-refractivity contribution in [2.24, 2.45) is 5.92 Å². The molecular formula is C23H22. The van der Waals surface area contributed by atoms with E-state index in [2.05, 4.69) is 60.7 Å². The topological polar surface area (TPSA) is 0 Å². The molecule has 23 heavy (non-hydrogen) atoms. The fourth-order valence-electron chi connectivity index (χ4n) is 4.99. The van der Waals surface area contributed by atoms with E-state index < -0.39 is 0 Å². The second-order valence-corrected chi connectivity index (χ2v) is 7.38. The van der Waals surface area contributed by atoms with E-state index in [9.17, 15) is 0 Å². The molecular weight excluding hydrogens is 276 g/mol. The average molecular weight is 298 g/mol. The van der Waals surface area contributed by atoms with Gasteiger partial charge in [0, 0.05) is 0 Å². The van der Waals surface area contributed by atoms with Crippen molar-refractivity contribution in [1.82, 2.24) is 0 Å². The van der Waals surface area contributed by atoms with Crippen LogP contribution in [0.25, 0.3) is 10.8 Å². The van der Waals surface area contributed by atoms with Crippen LogP contribution in [0.5, 0.6) is 0 Å². The fraction of sp³-hybridized carbons (Fsp3) is 0.304. The summed E-state index contributed by atoms with van der Waals surface area (Å²) in [6.07, 6.45) is 6.46. The number of hydrogen-bond acceptors (Lipinski definition) is 0. The molecule has 0 saturated carbocycles. The third-order valence-corrected chi connectivity index (χ3v) is 5.93. The first-order valence-corrected chi connectivity index (χ1v) is 8.96. The van der Waals surface area contributed by atoms with E-state index >= 15 is 0 Å². The summed E-state index contributed by atoms with van der Waals surface area (Å²) < 4.78 is 0. The maximum atomic E-state index is 2.41. The van der Waals surface area contributed by atoms with Gasteiger partial charge in [-0.15, -0.1) is 0 Å². The summed E-state index contributed by atoms with van der Waals surface area (Å²) in [5.41, 5.74) is 6.41. The van der Waals surface area contributed by atoms with E-state index in [-0.39, 0.29) is 0 Å². The first-order chi connectivity index (χ1) is 11.4. The van der Waals surface area contributed by atoms with Crippen molar-refractivity contribution >= 4 is 10.8 Å². The first kappa shape index (κ1) is 13.4. The minimum Gasteiger partial charge on any atom is -0.0622 e. The van der Waals surface area contributed by atoms with Crippen molar-refractivity contribution in [3.63, 3.8) is 0 Å². The monoisotopic (exact) mass is 298 g/mol. The lowest BCUT2D eigenvalue weighted by molar-refractivity contribution is 0.385. The largest absolute Gasteiger partial charge is 0.0622 e. The number of aryl methyl sites for hydroxylation is 1. The summed E-state index contributed by atoms with van der Waals surface area (Å²) in [6, 6.07) is 22.7. The molecule has 0 fully saturated rings. The molecule has 3 aromatic rings. The zero-order valence-electron chi connectivity index (χ0n) is 13.5. The van der Waals surface area contributed by atoms with Gasteiger partial charge in [0.25, 0.3) is 0 Å². The molecule has 2 aliphatic rings. The van der Waals surface area contributed by atoms with Gasteiger partial charge in [-0.2, -0.15) is 0 Å². The fourth-order valence-corrected chi connectivity index (χ4v) is 4.99. The van der Waals surface area contributed by atoms with Gasteiger partial charge in [0.15, 0.2) is 0 Å². The second-order valence-electron chi connectivity index (χ2n) is 7.38. The van der Waals surface area contributed by atoms with Gasteiger partial charge in [-0.05, 0) is 77.0 Å². The van der Waals surface area contributed by atoms with Gasteiger partial charge in [-0.3, -0.25) is 0 Å². The SMILES string of the molecule is c1ccc(CC2Cc3ccc4cccc5c4c3C(CC5)C2)cc1. The van der Waals surface area contributed by atoms with Gasteiger partial charge in [0.2, 0.25) is 0 Å². The highest BCUT2D eigenvalue weighted by Gasteiger charge is 2.31. The minimum absolute atomic E-state index is 0.783. The van der Waals surface area contributed by atoms with E-state index in [0.717, 1.165) is 11.8 Å². The number of rotatable bonds is 2. The predicted octanol–water partition coefficient (Wildman–Crippen LogP) is 5.67. The lowest BCUT2D eigenvalue weighted by atomic mass is 9.68. The summed E-state index contributed by atoms with van der Waals surface area (Å²) in [4.78, 5) is 0. The second kappa shape index (κ2) is 5.23. The lowest BCUT2D eigenvalue weighted by Gasteiger charge is -2.36. The Morgan fingerprint density at radius 1 is 0.826 bits per heavy atom. The van der Waals surface area contributed by atoms with Crippen molar-refractivity contribution in [2.45, 2.75) is 38.0 Å². The van der Waals surface area contributed by atoms with Gasteiger partial charge in [-0.25, -0.2) is 0 Å². The Morgan fingerprint density at radius 3 is 2.65 bits per heavy atom. The van der Waals surface area contributed by atoms with Gasteiger partial charge in [-0.1, -0.05) is 60.7 Å². The molecule has 114 valence electrons. The Kier molecular flexibility index (Phi) is 3.04. The van der Waals surface area contributed by atoms with Crippen LogP contribution in [0.15, 0.2) is 60.7 Å². The zero-order chi connectivity index (χ0) is 15.2. The highest BCUT2D eigenvalue weighted by Crippen LogP contribution is 2.46. The molecule has 0 spiro atoms. The van der Waals surface area contributed by atoms with E-state index in [4.69, 9.17) is 0 Å². The van der Waals surface area contributed by atoms with Gasteiger partial charge in [0.1, 0.15) is 0 Å². The van der Waals surface area contributed by atoms with E-state index in [1.54, 1.807) is 22.1 Å². The molecule has 0 saturated heterocycles. The highest BCUT2D eigenvalue weighted by atomic mass is 14.4. The maximum Gasteiger partial charge on any atom is -0.0114 e. The summed E-state index contributed by atoms with van der Waals surface area (Å²) >= 11 is 0. The first-order valence-electron chi connectivity index (χ1n) is 8.96. The molecule has 0 bridgehead atoms. The van der Waals surface area contributed by atoms with Gasteiger partial charge in [0.05, 0.1) is 0 Å². The molecule has 5 rings (SSSR count). The van der Waals surface area contributed by atoms with Crippen molar-refractivity contribution < 1.29 is 0 Å². The molecule has 2 unspecified atom stereocenters. The molecule has 3 aromatic carbocycles. The Labute approximate surface area is 138 Å². The molecule has 0 radical (unpaired) electrons. The molecule has 2 aliphatic carbocycles. The van der Waals surface area contributed by atoms with Crippen LogP contribution in [0.4, 0.5) is 0 Å². The van der Waals surface area contributed by atoms with E-state index in [1.165, 1.54) is 43.1 Å². The molecule has 0 heteroatoms. The normalized spacial score (nSPS) is 22.3. The molecule has 2 atom stereocenters. The Balaban J connectivity index is 1.55. The lowest BCUT2D eigenvalue weighted by Crippen LogP contribution is -2.23. The summed E-state index contributed by atoms with van der Waals surface area (Å²) in [6.45, 7) is 0. The van der Waals surface area contributed by atoms with Crippen LogP contribution in [-0.4, -0.2) is 0 Å². The maximum absolute atomic E-state index is 2.41. The number of hydrogen-bond donors (Lipinski definition) is 0. The van der Waals surface area contributed by atoms with Crippen LogP contribution in [0.1, 0.15) is 41.0 Å². The Bertz CT molecular complexity index is 860. The minimum atomic E-state index is 0.783. The van der Waals surface area contributed by atoms with Crippen LogP contribution >= 0.6 is 0 Å². The quantitative estimate of drug-likeness (QED) is 0.571. The summed E-state index contributed by atoms with van der Waals surface area (Å²) in [7, 11) is 0. The highest BCUT2D eigenvalue weighted by molar-refractivity contribution is 5.91. The Morgan fingerprint density at radius 2 is 1.74 bits per heavy atom. The Hall–Kier alpha value is -2.08. The summed E-state index contributed by atoms with van der Waals surface area (Å²) in [5.74, 6) is 1.59. The third-order valence-electron chi connectivity index (χ3n) is 5.93. The smallest absolute Gasteiger partial charge is 0.0114 e. The van der Waals surface area contributed by atoms with Gasteiger partial charge < -0.3 is 0 Å². The average Bonchev–Trinajstić information content (AvgIpc) is 2.60. The van der Waals surface area contributed by atoms with Gasteiger partial charge >= 0.3 is 0 Å². The third kappa shape index (κ3) is 2.20. The van der Waals surface area contributed by atoms with Crippen molar-refractivity contribution in [3.05, 3.63) is 82.9 Å². The van der Waals surface area contributed by atoms with Crippen LogP contribution in [0.2, 0.25) is 0 Å². The number of benzene rings is 3. The van der Waals surface area contributed by atoms with E-state index in [0.29, 0.717) is 0 Å². The molecule has 0 aromatic heterocycles. The van der Waals surface area contributed by atoms with Crippen LogP contribution in [0.3, 0.4) is 0 Å². The van der Waals surface area contributed by atoms with E-state index in [1.807, 2.05) is 0 Å². The molecule has 0 N–H and O–H groups in total. The molecule has 0 nitrogen and oxygen atoms in total. The van der Waals surface area contributed by atoms with Crippen LogP contribution in [-0.2, 0) is 19.3 Å². The van der Waals surface area contributed by atoms with Crippen molar-refractivity contribution in [3.8, 4) is 0 Å². The predicted molar refractivity (Wildman–Crippen MR) is 97.0 cm³/mol. The molecule has 0 aliphatic heterocycles. The van der Waals surface area contributed by atoms with Crippen LogP contribution < -0.4 is 0 Å². The molecule has 0 amide bonds. The van der Waals surface area contributed by atoms with Crippen molar-refractivity contribution in [1.29, 1.82) is 0 Å².